The molecule has 0 fully saturated rings. The second-order valence-electron chi connectivity index (χ2n) is 3.90. The van der Waals surface area contributed by atoms with Crippen LogP contribution in [0.1, 0.15) is 11.1 Å². The van der Waals surface area contributed by atoms with Gasteiger partial charge in [0, 0.05) is 0 Å². The van der Waals surface area contributed by atoms with Crippen molar-refractivity contribution < 1.29 is 8.39 Å². The van der Waals surface area contributed by atoms with Gasteiger partial charge in [-0.15, -0.1) is 0 Å². The van der Waals surface area contributed by atoms with Crippen LogP contribution in [0.3, 0.4) is 0 Å². The maximum absolute atomic E-state index is 12.0. The predicted molar refractivity (Wildman–Crippen MR) is 69.4 cm³/mol. The third-order valence-corrected chi connectivity index (χ3v) is 3.63. The van der Waals surface area contributed by atoms with Crippen molar-refractivity contribution in [3.63, 3.8) is 0 Å². The molecule has 3 heteroatoms. The summed E-state index contributed by atoms with van der Waals surface area (Å²) in [5, 5.41) is 0. The normalized spacial score (nSPS) is 12.1. The lowest BCUT2D eigenvalue weighted by molar-refractivity contribution is 0.561. The van der Waals surface area contributed by atoms with E-state index in [-0.39, 0.29) is 0 Å². The average molecular weight is 246 g/mol. The van der Waals surface area contributed by atoms with Crippen LogP contribution in [0.25, 0.3) is 0 Å². The van der Waals surface area contributed by atoms with Crippen LogP contribution in [0, 0.1) is 13.8 Å². The molecule has 2 rings (SSSR count). The molecule has 0 amide bonds. The molecule has 0 aromatic heterocycles. The van der Waals surface area contributed by atoms with Gasteiger partial charge in [0.1, 0.15) is 5.75 Å². The zero-order valence-corrected chi connectivity index (χ0v) is 10.7. The first-order valence-corrected chi connectivity index (χ1v) is 6.47. The van der Waals surface area contributed by atoms with Crippen LogP contribution in [0.5, 0.6) is 5.75 Å². The molecule has 0 radical (unpaired) electrons. The van der Waals surface area contributed by atoms with E-state index in [0.717, 1.165) is 11.1 Å². The Labute approximate surface area is 104 Å². The van der Waals surface area contributed by atoms with Crippen molar-refractivity contribution in [1.82, 2.24) is 0 Å². The maximum Gasteiger partial charge on any atom is 0.240 e. The summed E-state index contributed by atoms with van der Waals surface area (Å²) in [4.78, 5) is 0.716. The average Bonchev–Trinajstić information content (AvgIpc) is 2.32. The maximum atomic E-state index is 12.0. The van der Waals surface area contributed by atoms with Gasteiger partial charge in [0.25, 0.3) is 0 Å². The zero-order valence-electron chi connectivity index (χ0n) is 9.84. The molecule has 0 N–H and O–H groups in total. The number of hydrogen-bond acceptors (Lipinski definition) is 2. The summed E-state index contributed by atoms with van der Waals surface area (Å²) < 4.78 is 17.4. The fourth-order valence-electron chi connectivity index (χ4n) is 1.47. The Balaban J connectivity index is 2.17. The van der Waals surface area contributed by atoms with Gasteiger partial charge >= 0.3 is 0 Å². The van der Waals surface area contributed by atoms with E-state index in [4.69, 9.17) is 4.18 Å². The minimum absolute atomic E-state index is 0.622. The van der Waals surface area contributed by atoms with E-state index < -0.39 is 11.1 Å². The first-order chi connectivity index (χ1) is 8.16. The van der Waals surface area contributed by atoms with Crippen LogP contribution in [-0.4, -0.2) is 4.21 Å². The largest absolute Gasteiger partial charge is 0.397 e. The van der Waals surface area contributed by atoms with Crippen molar-refractivity contribution in [2.75, 3.05) is 0 Å². The van der Waals surface area contributed by atoms with Gasteiger partial charge in [-0.25, -0.2) is 4.21 Å². The molecule has 1 atom stereocenters. The molecule has 1 unspecified atom stereocenters. The van der Waals surface area contributed by atoms with Gasteiger partial charge in [0.15, 0.2) is 0 Å². The van der Waals surface area contributed by atoms with Crippen molar-refractivity contribution in [3.05, 3.63) is 59.7 Å². The van der Waals surface area contributed by atoms with Crippen molar-refractivity contribution in [3.8, 4) is 5.75 Å². The Hall–Kier alpha value is -1.61. The second kappa shape index (κ2) is 5.15. The van der Waals surface area contributed by atoms with E-state index >= 15 is 0 Å². The smallest absolute Gasteiger partial charge is 0.240 e. The molecule has 0 aliphatic rings. The Kier molecular flexibility index (Phi) is 3.59. The summed E-state index contributed by atoms with van der Waals surface area (Å²) in [6.07, 6.45) is 0. The van der Waals surface area contributed by atoms with E-state index in [9.17, 15) is 4.21 Å². The highest BCUT2D eigenvalue weighted by molar-refractivity contribution is 7.80. The highest BCUT2D eigenvalue weighted by Gasteiger charge is 2.08. The molecule has 2 aromatic carbocycles. The summed E-state index contributed by atoms with van der Waals surface area (Å²) in [7, 11) is 0. The number of aryl methyl sites for hydroxylation is 2. The van der Waals surface area contributed by atoms with E-state index in [1.807, 2.05) is 62.4 Å². The fraction of sp³-hybridized carbons (Fsp3) is 0.143. The molecule has 0 saturated carbocycles. The molecule has 0 aliphatic heterocycles. The number of rotatable bonds is 3. The molecule has 88 valence electrons. The summed E-state index contributed by atoms with van der Waals surface area (Å²) in [6.45, 7) is 3.92. The van der Waals surface area contributed by atoms with Crippen molar-refractivity contribution in [2.45, 2.75) is 18.7 Å². The lowest BCUT2D eigenvalue weighted by Crippen LogP contribution is -2.02. The van der Waals surface area contributed by atoms with Crippen LogP contribution in [0.4, 0.5) is 0 Å². The quantitative estimate of drug-likeness (QED) is 0.829. The van der Waals surface area contributed by atoms with Crippen molar-refractivity contribution in [1.29, 1.82) is 0 Å². The third kappa shape index (κ3) is 2.94. The molecule has 0 bridgehead atoms. The van der Waals surface area contributed by atoms with Gasteiger partial charge in [0.05, 0.1) is 4.90 Å². The monoisotopic (exact) mass is 246 g/mol. The van der Waals surface area contributed by atoms with E-state index in [0.29, 0.717) is 10.6 Å². The van der Waals surface area contributed by atoms with Crippen LogP contribution >= 0.6 is 0 Å². The van der Waals surface area contributed by atoms with Crippen LogP contribution in [0.15, 0.2) is 53.4 Å². The molecular formula is C14H14O2S. The van der Waals surface area contributed by atoms with Gasteiger partial charge in [-0.2, -0.15) is 0 Å². The van der Waals surface area contributed by atoms with E-state index in [2.05, 4.69) is 0 Å². The molecule has 0 aliphatic carbocycles. The lowest BCUT2D eigenvalue weighted by Gasteiger charge is -2.07. The Bertz CT molecular complexity index is 532. The minimum atomic E-state index is -1.45. The van der Waals surface area contributed by atoms with Gasteiger partial charge in [-0.05, 0) is 37.6 Å². The SMILES string of the molecule is Cc1ccc(OS(=O)c2ccccc2C)cc1. The molecule has 0 spiro atoms. The van der Waals surface area contributed by atoms with Gasteiger partial charge in [-0.1, -0.05) is 35.9 Å². The summed E-state index contributed by atoms with van der Waals surface area (Å²) in [5.41, 5.74) is 2.12. The lowest BCUT2D eigenvalue weighted by atomic mass is 10.2. The topological polar surface area (TPSA) is 26.3 Å². The minimum Gasteiger partial charge on any atom is -0.397 e. The van der Waals surface area contributed by atoms with Crippen LogP contribution in [0.2, 0.25) is 0 Å². The summed E-state index contributed by atoms with van der Waals surface area (Å²) in [5.74, 6) is 0.622. The van der Waals surface area contributed by atoms with Crippen molar-refractivity contribution in [2.24, 2.45) is 0 Å². The molecular weight excluding hydrogens is 232 g/mol. The first kappa shape index (κ1) is 11.9. The molecule has 0 heterocycles. The van der Waals surface area contributed by atoms with Gasteiger partial charge in [0.2, 0.25) is 11.1 Å². The standard InChI is InChI=1S/C14H14O2S/c1-11-7-9-13(10-8-11)16-17(15)14-6-4-3-5-12(14)2/h3-10H,1-2H3. The van der Waals surface area contributed by atoms with E-state index in [1.54, 1.807) is 0 Å². The fourth-order valence-corrected chi connectivity index (χ4v) is 2.37. The molecule has 0 saturated heterocycles. The highest BCUT2D eigenvalue weighted by Crippen LogP contribution is 2.18. The molecule has 2 nitrogen and oxygen atoms in total. The molecule has 2 aromatic rings. The first-order valence-electron chi connectivity index (χ1n) is 5.39. The van der Waals surface area contributed by atoms with Crippen LogP contribution in [-0.2, 0) is 11.1 Å². The van der Waals surface area contributed by atoms with Crippen LogP contribution < -0.4 is 4.18 Å². The van der Waals surface area contributed by atoms with Gasteiger partial charge in [-0.3, -0.25) is 0 Å². The van der Waals surface area contributed by atoms with Gasteiger partial charge < -0.3 is 4.18 Å². The van der Waals surface area contributed by atoms with Crippen molar-refractivity contribution >= 4 is 11.1 Å². The van der Waals surface area contributed by atoms with E-state index in [1.165, 1.54) is 0 Å². The Morgan fingerprint density at radius 1 is 0.941 bits per heavy atom. The number of benzene rings is 2. The Morgan fingerprint density at radius 2 is 1.59 bits per heavy atom. The second-order valence-corrected chi connectivity index (χ2v) is 4.97. The highest BCUT2D eigenvalue weighted by atomic mass is 32.2. The predicted octanol–water partition coefficient (Wildman–Crippen LogP) is 3.41. The number of hydrogen-bond donors (Lipinski definition) is 0. The summed E-state index contributed by atoms with van der Waals surface area (Å²) in [6, 6.07) is 15.0. The molecule has 17 heavy (non-hydrogen) atoms. The zero-order chi connectivity index (χ0) is 12.3. The summed E-state index contributed by atoms with van der Waals surface area (Å²) >= 11 is -1.45. The Morgan fingerprint density at radius 3 is 2.24 bits per heavy atom. The third-order valence-electron chi connectivity index (χ3n) is 2.47.